The van der Waals surface area contributed by atoms with Gasteiger partial charge in [-0.15, -0.1) is 0 Å². The van der Waals surface area contributed by atoms with Crippen molar-refractivity contribution in [2.24, 2.45) is 0 Å². The fraction of sp³-hybridized carbons (Fsp3) is 0.917. The summed E-state index contributed by atoms with van der Waals surface area (Å²) in [4.78, 5) is 11.2. The van der Waals surface area contributed by atoms with Crippen molar-refractivity contribution in [3.05, 3.63) is 0 Å². The van der Waals surface area contributed by atoms with Crippen molar-refractivity contribution in [2.45, 2.75) is 54.4 Å². The highest BCUT2D eigenvalue weighted by Crippen LogP contribution is 2.31. The van der Waals surface area contributed by atoms with Gasteiger partial charge in [-0.3, -0.25) is 4.79 Å². The van der Waals surface area contributed by atoms with E-state index in [2.05, 4.69) is 0 Å². The monoisotopic (exact) mass is 342 g/mol. The van der Waals surface area contributed by atoms with Gasteiger partial charge in [-0.2, -0.15) is 0 Å². The summed E-state index contributed by atoms with van der Waals surface area (Å²) in [6.07, 6.45) is -16.0. The first-order chi connectivity index (χ1) is 10.6. The van der Waals surface area contributed by atoms with Gasteiger partial charge in [0.2, 0.25) is 0 Å². The Kier molecular flexibility index (Phi) is 6.97. The molecule has 0 aromatic rings. The maximum atomic E-state index is 11.2. The van der Waals surface area contributed by atoms with Crippen molar-refractivity contribution >= 4 is 6.29 Å². The van der Waals surface area contributed by atoms with E-state index in [1.54, 1.807) is 0 Å². The third kappa shape index (κ3) is 3.69. The van der Waals surface area contributed by atoms with Crippen LogP contribution in [0.25, 0.3) is 0 Å². The number of hydrogen-bond donors (Lipinski definition) is 9. The zero-order valence-electron chi connectivity index (χ0n) is 12.0. The third-order valence-electron chi connectivity index (χ3n) is 3.92. The smallest absolute Gasteiger partial charge is 0.177 e. The summed E-state index contributed by atoms with van der Waals surface area (Å²) in [6, 6.07) is 0. The Balaban J connectivity index is 3.12. The first-order valence-electron chi connectivity index (χ1n) is 6.79. The van der Waals surface area contributed by atoms with E-state index in [1.165, 1.54) is 0 Å². The van der Waals surface area contributed by atoms with E-state index in [4.69, 9.17) is 14.9 Å². The van der Waals surface area contributed by atoms with Crippen molar-refractivity contribution in [1.82, 2.24) is 0 Å². The molecule has 0 radical (unpaired) electrons. The molecule has 23 heavy (non-hydrogen) atoms. The first kappa shape index (κ1) is 20.3. The van der Waals surface area contributed by atoms with Crippen LogP contribution in [0.1, 0.15) is 0 Å². The third-order valence-corrected chi connectivity index (χ3v) is 3.92. The fourth-order valence-electron chi connectivity index (χ4n) is 2.38. The Morgan fingerprint density at radius 1 is 1.04 bits per heavy atom. The zero-order chi connectivity index (χ0) is 17.9. The van der Waals surface area contributed by atoms with Gasteiger partial charge in [-0.1, -0.05) is 0 Å². The molecule has 11 heteroatoms. The molecule has 0 aromatic heterocycles. The number of rotatable bonds is 7. The summed E-state index contributed by atoms with van der Waals surface area (Å²) in [6.45, 7) is -1.84. The summed E-state index contributed by atoms with van der Waals surface area (Å²) in [5.74, 6) is 0. The summed E-state index contributed by atoms with van der Waals surface area (Å²) in [5, 5.41) is 86.1. The van der Waals surface area contributed by atoms with Gasteiger partial charge in [0.15, 0.2) is 11.9 Å². The average Bonchev–Trinajstić information content (AvgIpc) is 2.57. The van der Waals surface area contributed by atoms with Crippen LogP contribution in [0.2, 0.25) is 0 Å². The summed E-state index contributed by atoms with van der Waals surface area (Å²) in [7, 11) is 0. The van der Waals surface area contributed by atoms with Crippen LogP contribution in [-0.4, -0.2) is 120 Å². The van der Waals surface area contributed by atoms with Gasteiger partial charge in [0.1, 0.15) is 48.8 Å². The van der Waals surface area contributed by atoms with E-state index >= 15 is 0 Å². The largest absolute Gasteiger partial charge is 0.394 e. The second-order valence-corrected chi connectivity index (χ2v) is 5.44. The molecule has 1 aliphatic rings. The molecule has 0 bridgehead atoms. The zero-order valence-corrected chi connectivity index (χ0v) is 12.0. The quantitative estimate of drug-likeness (QED) is 0.199. The Morgan fingerprint density at radius 3 is 2.04 bits per heavy atom. The van der Waals surface area contributed by atoms with E-state index in [0.717, 1.165) is 0 Å². The minimum Gasteiger partial charge on any atom is -0.394 e. The molecule has 11 nitrogen and oxygen atoms in total. The number of aliphatic hydroxyl groups is 9. The molecule has 9 N–H and O–H groups in total. The minimum atomic E-state index is -3.01. The highest BCUT2D eigenvalue weighted by atomic mass is 16.6. The van der Waals surface area contributed by atoms with Crippen LogP contribution >= 0.6 is 0 Å². The van der Waals surface area contributed by atoms with Crippen molar-refractivity contribution in [1.29, 1.82) is 0 Å². The standard InChI is InChI=1S/C12H22O11/c13-1-4(16)6(17)10(21)12(22,3-15)11-9(20)8(19)7(18)5(2-14)23-11/h3-11,13-14,16-22H,1-2H2/t4-,5-,6-,7-,8+,9-,10+,11?,12-/m1/s1. The van der Waals surface area contributed by atoms with Crippen LogP contribution in [-0.2, 0) is 9.53 Å². The molecule has 1 aliphatic heterocycles. The van der Waals surface area contributed by atoms with Crippen molar-refractivity contribution < 1.29 is 55.5 Å². The second kappa shape index (κ2) is 7.90. The molecule has 0 aromatic carbocycles. The van der Waals surface area contributed by atoms with Crippen LogP contribution in [0.5, 0.6) is 0 Å². The molecule has 0 saturated carbocycles. The van der Waals surface area contributed by atoms with E-state index in [1.807, 2.05) is 0 Å². The lowest BCUT2D eigenvalue weighted by molar-refractivity contribution is -0.283. The molecule has 0 amide bonds. The molecule has 1 saturated heterocycles. The molecule has 9 atom stereocenters. The highest BCUT2D eigenvalue weighted by molar-refractivity contribution is 5.65. The topological polar surface area (TPSA) is 208 Å². The predicted octanol–water partition coefficient (Wildman–Crippen LogP) is -6.17. The SMILES string of the molecule is O=C[C@](O)(C1O[C@H](CO)[C@@H](O)[C@H](O)[C@H]1O)[C@@H](O)[C@H](O)[C@H](O)CO. The van der Waals surface area contributed by atoms with E-state index in [0.29, 0.717) is 0 Å². The maximum Gasteiger partial charge on any atom is 0.177 e. The van der Waals surface area contributed by atoms with Gasteiger partial charge < -0.3 is 50.7 Å². The van der Waals surface area contributed by atoms with Crippen LogP contribution in [0.3, 0.4) is 0 Å². The lowest BCUT2D eigenvalue weighted by Gasteiger charge is -2.47. The Morgan fingerprint density at radius 2 is 1.61 bits per heavy atom. The molecular weight excluding hydrogens is 320 g/mol. The van der Waals surface area contributed by atoms with Crippen LogP contribution < -0.4 is 0 Å². The van der Waals surface area contributed by atoms with Gasteiger partial charge >= 0.3 is 0 Å². The van der Waals surface area contributed by atoms with Gasteiger partial charge in [-0.05, 0) is 0 Å². The maximum absolute atomic E-state index is 11.2. The molecule has 1 fully saturated rings. The minimum absolute atomic E-state index is 0.280. The molecule has 0 spiro atoms. The van der Waals surface area contributed by atoms with Crippen molar-refractivity contribution in [3.63, 3.8) is 0 Å². The first-order valence-corrected chi connectivity index (χ1v) is 6.79. The van der Waals surface area contributed by atoms with E-state index < -0.39 is 67.6 Å². The second-order valence-electron chi connectivity index (χ2n) is 5.44. The van der Waals surface area contributed by atoms with Crippen LogP contribution in [0.15, 0.2) is 0 Å². The summed E-state index contributed by atoms with van der Waals surface area (Å²) >= 11 is 0. The number of ether oxygens (including phenoxy) is 1. The van der Waals surface area contributed by atoms with Crippen molar-refractivity contribution in [2.75, 3.05) is 13.2 Å². The van der Waals surface area contributed by atoms with Gasteiger partial charge in [-0.25, -0.2) is 0 Å². The summed E-state index contributed by atoms with van der Waals surface area (Å²) in [5.41, 5.74) is -3.01. The average molecular weight is 342 g/mol. The highest BCUT2D eigenvalue weighted by Gasteiger charge is 2.57. The number of carbonyl (C=O) groups excluding carboxylic acids is 1. The Labute approximate surface area is 130 Å². The van der Waals surface area contributed by atoms with Gasteiger partial charge in [0.05, 0.1) is 13.2 Å². The van der Waals surface area contributed by atoms with Gasteiger partial charge in [0, 0.05) is 0 Å². The Bertz CT molecular complexity index is 391. The lowest BCUT2D eigenvalue weighted by atomic mass is 9.80. The summed E-state index contributed by atoms with van der Waals surface area (Å²) < 4.78 is 4.96. The Hall–Kier alpha value is -0.730. The number of aliphatic hydroxyl groups excluding tert-OH is 8. The molecule has 1 heterocycles. The molecule has 1 rings (SSSR count). The molecule has 136 valence electrons. The predicted molar refractivity (Wildman–Crippen MR) is 69.9 cm³/mol. The van der Waals surface area contributed by atoms with Crippen LogP contribution in [0.4, 0.5) is 0 Å². The van der Waals surface area contributed by atoms with Crippen LogP contribution in [0, 0.1) is 0 Å². The van der Waals surface area contributed by atoms with E-state index in [-0.39, 0.29) is 6.29 Å². The van der Waals surface area contributed by atoms with E-state index in [9.17, 15) is 40.5 Å². The van der Waals surface area contributed by atoms with Crippen molar-refractivity contribution in [3.8, 4) is 0 Å². The van der Waals surface area contributed by atoms with Gasteiger partial charge in [0.25, 0.3) is 0 Å². The number of aldehydes is 1. The number of carbonyl (C=O) groups is 1. The fourth-order valence-corrected chi connectivity index (χ4v) is 2.38. The molecule has 1 unspecified atom stereocenters. The molecule has 0 aliphatic carbocycles. The lowest BCUT2D eigenvalue weighted by Crippen LogP contribution is -2.70. The normalized spacial score (nSPS) is 38.4. The number of hydrogen-bond acceptors (Lipinski definition) is 11. The molecular formula is C12H22O11.